The first kappa shape index (κ1) is 12.3. The molecule has 0 fully saturated rings. The minimum absolute atomic E-state index is 0.0300. The smallest absolute Gasteiger partial charge is 0.174 e. The molecule has 0 N–H and O–H groups in total. The van der Waals surface area contributed by atoms with E-state index in [-0.39, 0.29) is 16.9 Å². The van der Waals surface area contributed by atoms with Gasteiger partial charge < -0.3 is 0 Å². The molecule has 19 heavy (non-hydrogen) atoms. The number of rotatable bonds is 2. The number of hydrogen-bond donors (Lipinski definition) is 0. The second kappa shape index (κ2) is 4.74. The fourth-order valence-corrected chi connectivity index (χ4v) is 2.68. The van der Waals surface area contributed by atoms with Crippen molar-refractivity contribution in [3.05, 3.63) is 59.9 Å². The van der Waals surface area contributed by atoms with Crippen molar-refractivity contribution in [3.63, 3.8) is 0 Å². The minimum atomic E-state index is -0.266. The quantitative estimate of drug-likeness (QED) is 0.380. The minimum Gasteiger partial charge on any atom is -0.293 e. The van der Waals surface area contributed by atoms with Crippen LogP contribution in [-0.2, 0) is 0 Å². The van der Waals surface area contributed by atoms with Gasteiger partial charge in [-0.1, -0.05) is 46.3 Å². The molecule has 0 radical (unpaired) electrons. The molecule has 0 saturated carbocycles. The Bertz CT molecular complexity index is 795. The third kappa shape index (κ3) is 2.04. The Labute approximate surface area is 118 Å². The van der Waals surface area contributed by atoms with Crippen LogP contribution in [0.4, 0.5) is 4.39 Å². The number of alkyl halides is 1. The van der Waals surface area contributed by atoms with E-state index in [0.717, 1.165) is 21.5 Å². The van der Waals surface area contributed by atoms with Crippen LogP contribution in [0.5, 0.6) is 0 Å². The Balaban J connectivity index is 2.50. The molecule has 0 atom stereocenters. The van der Waals surface area contributed by atoms with Crippen LogP contribution in [0.1, 0.15) is 10.4 Å². The third-order valence-corrected chi connectivity index (χ3v) is 3.75. The first-order valence-corrected chi connectivity index (χ1v) is 7.03. The molecule has 94 valence electrons. The average Bonchev–Trinajstić information content (AvgIpc) is 2.46. The molecule has 3 heteroatoms. The predicted molar refractivity (Wildman–Crippen MR) is 79.5 cm³/mol. The van der Waals surface area contributed by atoms with E-state index in [4.69, 9.17) is 0 Å². The summed E-state index contributed by atoms with van der Waals surface area (Å²) in [6.45, 7) is 0. The lowest BCUT2D eigenvalue weighted by atomic mass is 9.95. The zero-order valence-electron chi connectivity index (χ0n) is 9.99. The van der Waals surface area contributed by atoms with E-state index in [2.05, 4.69) is 15.9 Å². The van der Waals surface area contributed by atoms with Gasteiger partial charge in [-0.2, -0.15) is 0 Å². The molecule has 3 rings (SSSR count). The molecule has 3 aromatic rings. The number of halogens is 2. The van der Waals surface area contributed by atoms with Crippen LogP contribution < -0.4 is 0 Å². The van der Waals surface area contributed by atoms with Crippen molar-refractivity contribution in [1.82, 2.24) is 0 Å². The van der Waals surface area contributed by atoms with Crippen LogP contribution in [0.25, 0.3) is 21.5 Å². The van der Waals surface area contributed by atoms with Crippen molar-refractivity contribution in [2.24, 2.45) is 0 Å². The Morgan fingerprint density at radius 2 is 1.74 bits per heavy atom. The molecule has 0 aliphatic carbocycles. The Morgan fingerprint density at radius 1 is 1.00 bits per heavy atom. The molecule has 0 aliphatic rings. The van der Waals surface area contributed by atoms with Crippen LogP contribution in [0.3, 0.4) is 0 Å². The van der Waals surface area contributed by atoms with Gasteiger partial charge in [-0.25, -0.2) is 4.39 Å². The predicted octanol–water partition coefficient (Wildman–Crippen LogP) is 4.71. The monoisotopic (exact) mass is 316 g/mol. The van der Waals surface area contributed by atoms with Crippen molar-refractivity contribution in [2.75, 3.05) is 5.33 Å². The molecule has 3 aromatic carbocycles. The SMILES string of the molecule is O=C(CBr)c1cc2ccc(F)cc2c2ccccc12. The van der Waals surface area contributed by atoms with E-state index >= 15 is 0 Å². The summed E-state index contributed by atoms with van der Waals surface area (Å²) < 4.78 is 13.4. The van der Waals surface area contributed by atoms with Gasteiger partial charge in [-0.3, -0.25) is 4.79 Å². The largest absolute Gasteiger partial charge is 0.293 e. The number of carbonyl (C=O) groups excluding carboxylic acids is 1. The fraction of sp³-hybridized carbons (Fsp3) is 0.0625. The van der Waals surface area contributed by atoms with E-state index in [0.29, 0.717) is 5.56 Å². The van der Waals surface area contributed by atoms with Crippen LogP contribution in [0, 0.1) is 5.82 Å². The molecule has 0 heterocycles. The van der Waals surface area contributed by atoms with E-state index in [1.807, 2.05) is 30.3 Å². The number of fused-ring (bicyclic) bond motifs is 3. The van der Waals surface area contributed by atoms with Crippen molar-refractivity contribution < 1.29 is 9.18 Å². The molecule has 1 nitrogen and oxygen atoms in total. The average molecular weight is 317 g/mol. The summed E-state index contributed by atoms with van der Waals surface area (Å²) in [5.41, 5.74) is 0.673. The van der Waals surface area contributed by atoms with E-state index in [1.165, 1.54) is 12.1 Å². The lowest BCUT2D eigenvalue weighted by molar-refractivity contribution is 0.102. The number of ketones is 1. The highest BCUT2D eigenvalue weighted by molar-refractivity contribution is 9.09. The summed E-state index contributed by atoms with van der Waals surface area (Å²) in [5, 5.41) is 3.77. The fourth-order valence-electron chi connectivity index (χ4n) is 2.38. The number of Topliss-reactive ketones (excluding diaryl/α,β-unsaturated/α-hetero) is 1. The molecule has 0 aliphatic heterocycles. The standard InChI is InChI=1S/C16H10BrFO/c17-9-16(19)15-7-10-5-6-11(18)8-14(10)12-3-1-2-4-13(12)15/h1-8H,9H2. The maximum Gasteiger partial charge on any atom is 0.174 e. The highest BCUT2D eigenvalue weighted by Crippen LogP contribution is 2.29. The first-order chi connectivity index (χ1) is 9.20. The summed E-state index contributed by atoms with van der Waals surface area (Å²) >= 11 is 3.20. The second-order valence-electron chi connectivity index (χ2n) is 4.39. The van der Waals surface area contributed by atoms with Crippen LogP contribution >= 0.6 is 15.9 Å². The number of benzene rings is 3. The maximum atomic E-state index is 13.4. The van der Waals surface area contributed by atoms with Gasteiger partial charge in [0, 0.05) is 5.56 Å². The second-order valence-corrected chi connectivity index (χ2v) is 4.95. The van der Waals surface area contributed by atoms with Crippen LogP contribution in [-0.4, -0.2) is 11.1 Å². The lowest BCUT2D eigenvalue weighted by Gasteiger charge is -2.09. The number of carbonyl (C=O) groups is 1. The van der Waals surface area contributed by atoms with Crippen molar-refractivity contribution in [2.45, 2.75) is 0 Å². The van der Waals surface area contributed by atoms with Crippen molar-refractivity contribution in [1.29, 1.82) is 0 Å². The van der Waals surface area contributed by atoms with E-state index in [1.54, 1.807) is 6.07 Å². The van der Waals surface area contributed by atoms with Crippen LogP contribution in [0.15, 0.2) is 48.5 Å². The normalized spacial score (nSPS) is 11.1. The summed E-state index contributed by atoms with van der Waals surface area (Å²) in [6, 6.07) is 14.1. The molecular formula is C16H10BrFO. The van der Waals surface area contributed by atoms with Gasteiger partial charge in [0.2, 0.25) is 0 Å². The maximum absolute atomic E-state index is 13.4. The van der Waals surface area contributed by atoms with E-state index in [9.17, 15) is 9.18 Å². The highest BCUT2D eigenvalue weighted by Gasteiger charge is 2.12. The van der Waals surface area contributed by atoms with Gasteiger partial charge in [-0.15, -0.1) is 0 Å². The molecule has 0 amide bonds. The van der Waals surface area contributed by atoms with Gasteiger partial charge in [0.05, 0.1) is 5.33 Å². The van der Waals surface area contributed by atoms with E-state index < -0.39 is 0 Å². The van der Waals surface area contributed by atoms with Gasteiger partial charge in [0.1, 0.15) is 5.82 Å². The Kier molecular flexibility index (Phi) is 3.07. The zero-order chi connectivity index (χ0) is 13.4. The van der Waals surface area contributed by atoms with Gasteiger partial charge >= 0.3 is 0 Å². The summed E-state index contributed by atoms with van der Waals surface area (Å²) in [6.07, 6.45) is 0. The van der Waals surface area contributed by atoms with Gasteiger partial charge in [0.25, 0.3) is 0 Å². The Hall–Kier alpha value is -1.74. The van der Waals surface area contributed by atoms with Crippen molar-refractivity contribution >= 4 is 43.3 Å². The molecule has 0 unspecified atom stereocenters. The first-order valence-electron chi connectivity index (χ1n) is 5.91. The zero-order valence-corrected chi connectivity index (χ0v) is 11.6. The third-order valence-electron chi connectivity index (χ3n) is 3.24. The Morgan fingerprint density at radius 3 is 2.47 bits per heavy atom. The molecule has 0 aromatic heterocycles. The van der Waals surface area contributed by atoms with Crippen LogP contribution in [0.2, 0.25) is 0 Å². The topological polar surface area (TPSA) is 17.1 Å². The summed E-state index contributed by atoms with van der Waals surface area (Å²) in [4.78, 5) is 12.0. The lowest BCUT2D eigenvalue weighted by Crippen LogP contribution is -2.01. The van der Waals surface area contributed by atoms with Gasteiger partial charge in [-0.05, 0) is 39.7 Å². The summed E-state index contributed by atoms with van der Waals surface area (Å²) in [5.74, 6) is -0.236. The van der Waals surface area contributed by atoms with Crippen molar-refractivity contribution in [3.8, 4) is 0 Å². The molecule has 0 saturated heterocycles. The number of hydrogen-bond acceptors (Lipinski definition) is 1. The molecule has 0 spiro atoms. The molecule has 0 bridgehead atoms. The molecular weight excluding hydrogens is 307 g/mol. The summed E-state index contributed by atoms with van der Waals surface area (Å²) in [7, 11) is 0. The van der Waals surface area contributed by atoms with Gasteiger partial charge in [0.15, 0.2) is 5.78 Å². The highest BCUT2D eigenvalue weighted by atomic mass is 79.9.